The summed E-state index contributed by atoms with van der Waals surface area (Å²) in [6.07, 6.45) is 0. The zero-order valence-electron chi connectivity index (χ0n) is 10.9. The smallest absolute Gasteiger partial charge is 0.325 e. The van der Waals surface area contributed by atoms with Gasteiger partial charge in [0.05, 0.1) is 0 Å². The molecule has 3 heteroatoms. The van der Waals surface area contributed by atoms with Crippen molar-refractivity contribution in [2.75, 3.05) is 0 Å². The molecule has 0 aliphatic heterocycles. The van der Waals surface area contributed by atoms with Gasteiger partial charge in [0.15, 0.2) is 0 Å². The van der Waals surface area contributed by atoms with Crippen LogP contribution in [0.1, 0.15) is 62.3 Å². The fraction of sp³-hybridized carbons (Fsp3) is 0.500. The molecule has 1 unspecified atom stereocenters. The van der Waals surface area contributed by atoms with E-state index in [0.29, 0.717) is 5.92 Å². The average molecular weight is 235 g/mol. The Morgan fingerprint density at radius 2 is 1.71 bits per heavy atom. The standard InChI is InChI=1S/C14H21NO2/c1-8(2)10-5-6-11(9(3)4)12(7-10)13(15)14(16)17/h5-9,13H,15H2,1-4H3,(H,16,17). The molecule has 1 atom stereocenters. The number of rotatable bonds is 4. The molecule has 0 spiro atoms. The Bertz CT molecular complexity index is 411. The molecule has 0 heterocycles. The molecule has 0 radical (unpaired) electrons. The molecule has 3 nitrogen and oxygen atoms in total. The minimum Gasteiger partial charge on any atom is -0.480 e. The predicted octanol–water partition coefficient (Wildman–Crippen LogP) is 3.02. The third kappa shape index (κ3) is 3.07. The van der Waals surface area contributed by atoms with Crippen molar-refractivity contribution in [1.29, 1.82) is 0 Å². The SMILES string of the molecule is CC(C)c1ccc(C(C)C)c(C(N)C(=O)O)c1. The highest BCUT2D eigenvalue weighted by atomic mass is 16.4. The summed E-state index contributed by atoms with van der Waals surface area (Å²) >= 11 is 0. The maximum Gasteiger partial charge on any atom is 0.325 e. The monoisotopic (exact) mass is 235 g/mol. The number of carboxylic acid groups (broad SMARTS) is 1. The van der Waals surface area contributed by atoms with Crippen LogP contribution in [0.25, 0.3) is 0 Å². The highest BCUT2D eigenvalue weighted by Gasteiger charge is 2.20. The van der Waals surface area contributed by atoms with Crippen LogP contribution in [-0.2, 0) is 4.79 Å². The Hall–Kier alpha value is -1.35. The van der Waals surface area contributed by atoms with Crippen LogP contribution >= 0.6 is 0 Å². The van der Waals surface area contributed by atoms with Gasteiger partial charge in [-0.25, -0.2) is 0 Å². The van der Waals surface area contributed by atoms with Gasteiger partial charge in [-0.2, -0.15) is 0 Å². The normalized spacial score (nSPS) is 13.1. The third-order valence-electron chi connectivity index (χ3n) is 3.00. The summed E-state index contributed by atoms with van der Waals surface area (Å²) in [6.45, 7) is 8.26. The molecule has 0 aliphatic rings. The number of carbonyl (C=O) groups is 1. The van der Waals surface area contributed by atoms with Crippen molar-refractivity contribution in [2.45, 2.75) is 45.6 Å². The fourth-order valence-electron chi connectivity index (χ4n) is 1.88. The van der Waals surface area contributed by atoms with Crippen molar-refractivity contribution in [2.24, 2.45) is 5.73 Å². The van der Waals surface area contributed by atoms with Crippen LogP contribution in [0.5, 0.6) is 0 Å². The van der Waals surface area contributed by atoms with Gasteiger partial charge in [-0.1, -0.05) is 45.9 Å². The lowest BCUT2D eigenvalue weighted by Crippen LogP contribution is -2.22. The second kappa shape index (κ2) is 5.32. The number of hydrogen-bond acceptors (Lipinski definition) is 2. The van der Waals surface area contributed by atoms with E-state index in [4.69, 9.17) is 10.8 Å². The summed E-state index contributed by atoms with van der Waals surface area (Å²) in [4.78, 5) is 11.0. The van der Waals surface area contributed by atoms with Gasteiger partial charge < -0.3 is 10.8 Å². The molecule has 1 rings (SSSR count). The largest absolute Gasteiger partial charge is 0.480 e. The van der Waals surface area contributed by atoms with Crippen LogP contribution in [0, 0.1) is 0 Å². The Morgan fingerprint density at radius 3 is 2.12 bits per heavy atom. The van der Waals surface area contributed by atoms with E-state index >= 15 is 0 Å². The van der Waals surface area contributed by atoms with Crippen molar-refractivity contribution < 1.29 is 9.90 Å². The summed E-state index contributed by atoms with van der Waals surface area (Å²) in [7, 11) is 0. The van der Waals surface area contributed by atoms with Gasteiger partial charge >= 0.3 is 5.97 Å². The van der Waals surface area contributed by atoms with E-state index in [1.807, 2.05) is 26.0 Å². The molecule has 0 saturated heterocycles. The first-order chi connectivity index (χ1) is 7.84. The van der Waals surface area contributed by atoms with Gasteiger partial charge in [0.25, 0.3) is 0 Å². The molecule has 1 aromatic rings. The predicted molar refractivity (Wildman–Crippen MR) is 69.2 cm³/mol. The number of hydrogen-bond donors (Lipinski definition) is 2. The summed E-state index contributed by atoms with van der Waals surface area (Å²) in [6, 6.07) is 5.04. The van der Waals surface area contributed by atoms with Gasteiger partial charge in [0, 0.05) is 0 Å². The van der Waals surface area contributed by atoms with Gasteiger partial charge in [-0.05, 0) is 28.5 Å². The molecular formula is C14H21NO2. The molecule has 0 amide bonds. The lowest BCUT2D eigenvalue weighted by Gasteiger charge is -2.18. The van der Waals surface area contributed by atoms with Gasteiger partial charge in [0.1, 0.15) is 6.04 Å². The zero-order valence-corrected chi connectivity index (χ0v) is 10.9. The Kier molecular flexibility index (Phi) is 4.29. The van der Waals surface area contributed by atoms with Gasteiger partial charge in [-0.3, -0.25) is 4.79 Å². The molecule has 94 valence electrons. The van der Waals surface area contributed by atoms with E-state index in [-0.39, 0.29) is 5.92 Å². The second-order valence-electron chi connectivity index (χ2n) is 5.01. The third-order valence-corrected chi connectivity index (χ3v) is 3.00. The summed E-state index contributed by atoms with van der Waals surface area (Å²) in [5.74, 6) is -0.333. The van der Waals surface area contributed by atoms with Crippen LogP contribution in [0.2, 0.25) is 0 Å². The van der Waals surface area contributed by atoms with E-state index in [9.17, 15) is 4.79 Å². The summed E-state index contributed by atoms with van der Waals surface area (Å²) in [5, 5.41) is 9.05. The van der Waals surface area contributed by atoms with E-state index in [0.717, 1.165) is 16.7 Å². The lowest BCUT2D eigenvalue weighted by atomic mass is 9.89. The molecule has 0 aromatic heterocycles. The number of benzene rings is 1. The van der Waals surface area contributed by atoms with E-state index in [1.54, 1.807) is 0 Å². The molecule has 17 heavy (non-hydrogen) atoms. The maximum absolute atomic E-state index is 11.0. The minimum absolute atomic E-state index is 0.275. The van der Waals surface area contributed by atoms with Crippen molar-refractivity contribution >= 4 is 5.97 Å². The highest BCUT2D eigenvalue weighted by Crippen LogP contribution is 2.27. The topological polar surface area (TPSA) is 63.3 Å². The first kappa shape index (κ1) is 13.7. The van der Waals surface area contributed by atoms with E-state index in [2.05, 4.69) is 19.9 Å². The molecule has 1 aromatic carbocycles. The van der Waals surface area contributed by atoms with E-state index in [1.165, 1.54) is 0 Å². The molecule has 0 aliphatic carbocycles. The molecule has 0 bridgehead atoms. The highest BCUT2D eigenvalue weighted by molar-refractivity contribution is 5.76. The quantitative estimate of drug-likeness (QED) is 0.843. The van der Waals surface area contributed by atoms with Crippen molar-refractivity contribution in [3.8, 4) is 0 Å². The zero-order chi connectivity index (χ0) is 13.2. The first-order valence-electron chi connectivity index (χ1n) is 5.96. The minimum atomic E-state index is -0.979. The van der Waals surface area contributed by atoms with Gasteiger partial charge in [0.2, 0.25) is 0 Å². The molecule has 0 fully saturated rings. The van der Waals surface area contributed by atoms with Crippen LogP contribution in [0.3, 0.4) is 0 Å². The lowest BCUT2D eigenvalue weighted by molar-refractivity contribution is -0.138. The number of nitrogens with two attached hydrogens (primary N) is 1. The van der Waals surface area contributed by atoms with Crippen molar-refractivity contribution in [1.82, 2.24) is 0 Å². The Morgan fingerprint density at radius 1 is 1.12 bits per heavy atom. The second-order valence-corrected chi connectivity index (χ2v) is 5.01. The van der Waals surface area contributed by atoms with Crippen LogP contribution in [-0.4, -0.2) is 11.1 Å². The maximum atomic E-state index is 11.0. The fourth-order valence-corrected chi connectivity index (χ4v) is 1.88. The average Bonchev–Trinajstić information content (AvgIpc) is 2.26. The number of aliphatic carboxylic acids is 1. The Balaban J connectivity index is 3.30. The molecular weight excluding hydrogens is 214 g/mol. The molecule has 3 N–H and O–H groups in total. The van der Waals surface area contributed by atoms with Crippen LogP contribution in [0.15, 0.2) is 18.2 Å². The van der Waals surface area contributed by atoms with Crippen molar-refractivity contribution in [3.63, 3.8) is 0 Å². The Labute approximate surface area is 103 Å². The summed E-state index contributed by atoms with van der Waals surface area (Å²) < 4.78 is 0. The van der Waals surface area contributed by atoms with Crippen LogP contribution < -0.4 is 5.73 Å². The summed E-state index contributed by atoms with van der Waals surface area (Å²) in [5.41, 5.74) is 8.62. The van der Waals surface area contributed by atoms with Crippen molar-refractivity contribution in [3.05, 3.63) is 34.9 Å². The van der Waals surface area contributed by atoms with Crippen LogP contribution in [0.4, 0.5) is 0 Å². The van der Waals surface area contributed by atoms with Gasteiger partial charge in [-0.15, -0.1) is 0 Å². The number of carboxylic acids is 1. The van der Waals surface area contributed by atoms with E-state index < -0.39 is 12.0 Å². The molecule has 0 saturated carbocycles. The first-order valence-corrected chi connectivity index (χ1v) is 5.96.